The molecule has 0 aliphatic carbocycles. The van der Waals surface area contributed by atoms with Gasteiger partial charge >= 0.3 is 0 Å². The van der Waals surface area contributed by atoms with Crippen molar-refractivity contribution < 1.29 is 4.79 Å². The molecule has 0 bridgehead atoms. The summed E-state index contributed by atoms with van der Waals surface area (Å²) in [7, 11) is 0. The maximum Gasteiger partial charge on any atom is 0.251 e. The molecule has 1 aromatic carbocycles. The number of carbonyl (C=O) groups is 1. The van der Waals surface area contributed by atoms with Gasteiger partial charge in [-0.1, -0.05) is 24.6 Å². The lowest BCUT2D eigenvalue weighted by atomic mass is 10.00. The minimum atomic E-state index is 0.0338. The molecule has 2 fully saturated rings. The lowest BCUT2D eigenvalue weighted by Crippen LogP contribution is -2.47. The first-order valence-corrected chi connectivity index (χ1v) is 12.1. The maximum absolute atomic E-state index is 12.4. The van der Waals surface area contributed by atoms with Crippen molar-refractivity contribution in [2.75, 3.05) is 39.3 Å². The van der Waals surface area contributed by atoms with Gasteiger partial charge in [0.25, 0.3) is 5.91 Å². The molecule has 2 aromatic rings. The number of benzene rings is 1. The van der Waals surface area contributed by atoms with Crippen LogP contribution in [0.1, 0.15) is 48.9 Å². The molecule has 2 saturated heterocycles. The molecular weight excluding hydrogens is 378 g/mol. The summed E-state index contributed by atoms with van der Waals surface area (Å²) >= 11 is 1.72. The SMILES string of the molecule is O=C(NCCCN1CCC(N2CCCCC2)CC1)c1ccc(-c2cccs2)cc1. The quantitative estimate of drug-likeness (QED) is 0.682. The monoisotopic (exact) mass is 411 g/mol. The van der Waals surface area contributed by atoms with Gasteiger partial charge in [0.05, 0.1) is 0 Å². The highest BCUT2D eigenvalue weighted by molar-refractivity contribution is 7.13. The maximum atomic E-state index is 12.4. The van der Waals surface area contributed by atoms with Crippen molar-refractivity contribution in [1.82, 2.24) is 15.1 Å². The van der Waals surface area contributed by atoms with Crippen LogP contribution in [0, 0.1) is 0 Å². The van der Waals surface area contributed by atoms with E-state index in [1.165, 1.54) is 68.7 Å². The van der Waals surface area contributed by atoms with Crippen LogP contribution in [0.5, 0.6) is 0 Å². The van der Waals surface area contributed by atoms with Crippen molar-refractivity contribution in [1.29, 1.82) is 0 Å². The molecule has 0 radical (unpaired) electrons. The van der Waals surface area contributed by atoms with Gasteiger partial charge in [0.15, 0.2) is 0 Å². The summed E-state index contributed by atoms with van der Waals surface area (Å²) < 4.78 is 0. The van der Waals surface area contributed by atoms with Crippen molar-refractivity contribution in [3.8, 4) is 10.4 Å². The van der Waals surface area contributed by atoms with Gasteiger partial charge in [-0.3, -0.25) is 4.79 Å². The third-order valence-electron chi connectivity index (χ3n) is 6.35. The summed E-state index contributed by atoms with van der Waals surface area (Å²) in [6.45, 7) is 6.87. The van der Waals surface area contributed by atoms with Gasteiger partial charge < -0.3 is 15.1 Å². The summed E-state index contributed by atoms with van der Waals surface area (Å²) in [6, 6.07) is 12.9. The zero-order valence-electron chi connectivity index (χ0n) is 17.3. The zero-order chi connectivity index (χ0) is 19.9. The Kier molecular flexibility index (Phi) is 7.36. The molecule has 1 N–H and O–H groups in total. The van der Waals surface area contributed by atoms with Crippen molar-refractivity contribution in [3.05, 3.63) is 47.3 Å². The van der Waals surface area contributed by atoms with Crippen LogP contribution >= 0.6 is 11.3 Å². The predicted octanol–water partition coefficient (Wildman–Crippen LogP) is 4.49. The molecule has 0 atom stereocenters. The highest BCUT2D eigenvalue weighted by atomic mass is 32.1. The minimum Gasteiger partial charge on any atom is -0.352 e. The van der Waals surface area contributed by atoms with Crippen LogP contribution in [0.3, 0.4) is 0 Å². The lowest BCUT2D eigenvalue weighted by Gasteiger charge is -2.40. The third kappa shape index (κ3) is 5.68. The predicted molar refractivity (Wildman–Crippen MR) is 122 cm³/mol. The zero-order valence-corrected chi connectivity index (χ0v) is 18.1. The third-order valence-corrected chi connectivity index (χ3v) is 7.27. The first-order chi connectivity index (χ1) is 14.3. The van der Waals surface area contributed by atoms with Crippen LogP contribution in [0.25, 0.3) is 10.4 Å². The largest absolute Gasteiger partial charge is 0.352 e. The summed E-state index contributed by atoms with van der Waals surface area (Å²) in [5.41, 5.74) is 1.91. The van der Waals surface area contributed by atoms with E-state index >= 15 is 0 Å². The van der Waals surface area contributed by atoms with E-state index in [1.807, 2.05) is 24.3 Å². The fraction of sp³-hybridized carbons (Fsp3) is 0.542. The van der Waals surface area contributed by atoms with Crippen LogP contribution in [0.2, 0.25) is 0 Å². The summed E-state index contributed by atoms with van der Waals surface area (Å²) in [6.07, 6.45) is 7.83. The molecule has 0 saturated carbocycles. The molecule has 156 valence electrons. The number of likely N-dealkylation sites (tertiary alicyclic amines) is 2. The number of thiophene rings is 1. The molecule has 0 unspecified atom stereocenters. The Morgan fingerprint density at radius 2 is 1.76 bits per heavy atom. The Balaban J connectivity index is 1.13. The van der Waals surface area contributed by atoms with E-state index in [1.54, 1.807) is 11.3 Å². The van der Waals surface area contributed by atoms with Gasteiger partial charge in [0.2, 0.25) is 0 Å². The molecule has 0 spiro atoms. The van der Waals surface area contributed by atoms with Crippen molar-refractivity contribution in [2.24, 2.45) is 0 Å². The Morgan fingerprint density at radius 1 is 1.00 bits per heavy atom. The highest BCUT2D eigenvalue weighted by Gasteiger charge is 2.25. The van der Waals surface area contributed by atoms with Gasteiger partial charge in [0, 0.05) is 23.0 Å². The molecule has 3 heterocycles. The fourth-order valence-corrected chi connectivity index (χ4v) is 5.36. The molecule has 5 heteroatoms. The van der Waals surface area contributed by atoms with Gasteiger partial charge in [-0.15, -0.1) is 11.3 Å². The van der Waals surface area contributed by atoms with Crippen LogP contribution < -0.4 is 5.32 Å². The van der Waals surface area contributed by atoms with Crippen LogP contribution in [-0.4, -0.2) is 61.0 Å². The molecule has 2 aliphatic heterocycles. The molecule has 1 amide bonds. The van der Waals surface area contributed by atoms with Crippen LogP contribution in [-0.2, 0) is 0 Å². The van der Waals surface area contributed by atoms with E-state index in [4.69, 9.17) is 0 Å². The smallest absolute Gasteiger partial charge is 0.251 e. The lowest BCUT2D eigenvalue weighted by molar-refractivity contribution is 0.0903. The Labute approximate surface area is 178 Å². The van der Waals surface area contributed by atoms with E-state index < -0.39 is 0 Å². The Hall–Kier alpha value is -1.69. The standard InChI is InChI=1S/C24H33N3OS/c28-24(21-9-7-20(8-10-21)23-6-4-19-29-23)25-13-5-14-26-17-11-22(12-18-26)27-15-2-1-3-16-27/h4,6-10,19,22H,1-3,5,11-18H2,(H,25,28). The fourth-order valence-electron chi connectivity index (χ4n) is 4.63. The molecule has 4 rings (SSSR count). The highest BCUT2D eigenvalue weighted by Crippen LogP contribution is 2.24. The second kappa shape index (κ2) is 10.4. The second-order valence-corrected chi connectivity index (χ2v) is 9.28. The molecule has 29 heavy (non-hydrogen) atoms. The van der Waals surface area contributed by atoms with Crippen LogP contribution in [0.4, 0.5) is 0 Å². The summed E-state index contributed by atoms with van der Waals surface area (Å²) in [4.78, 5) is 18.9. The molecule has 1 aromatic heterocycles. The number of nitrogens with one attached hydrogen (secondary N) is 1. The number of hydrogen-bond donors (Lipinski definition) is 1. The normalized spacial score (nSPS) is 19.3. The average molecular weight is 412 g/mol. The number of piperidine rings is 2. The van der Waals surface area contributed by atoms with Crippen LogP contribution in [0.15, 0.2) is 41.8 Å². The minimum absolute atomic E-state index is 0.0338. The first kappa shape index (κ1) is 20.6. The van der Waals surface area contributed by atoms with Gasteiger partial charge in [-0.2, -0.15) is 0 Å². The van der Waals surface area contributed by atoms with E-state index in [9.17, 15) is 4.79 Å². The number of hydrogen-bond acceptors (Lipinski definition) is 4. The van der Waals surface area contributed by atoms with Crippen molar-refractivity contribution >= 4 is 17.2 Å². The second-order valence-electron chi connectivity index (χ2n) is 8.33. The molecule has 4 nitrogen and oxygen atoms in total. The van der Waals surface area contributed by atoms with E-state index in [0.717, 1.165) is 31.1 Å². The topological polar surface area (TPSA) is 35.6 Å². The number of carbonyl (C=O) groups excluding carboxylic acids is 1. The van der Waals surface area contributed by atoms with Crippen molar-refractivity contribution in [3.63, 3.8) is 0 Å². The first-order valence-electron chi connectivity index (χ1n) is 11.2. The molecule has 2 aliphatic rings. The molecular formula is C24H33N3OS. The summed E-state index contributed by atoms with van der Waals surface area (Å²) in [5.74, 6) is 0.0338. The van der Waals surface area contributed by atoms with E-state index in [-0.39, 0.29) is 5.91 Å². The summed E-state index contributed by atoms with van der Waals surface area (Å²) in [5, 5.41) is 5.16. The number of amides is 1. The average Bonchev–Trinajstić information content (AvgIpc) is 3.33. The number of rotatable bonds is 7. The van der Waals surface area contributed by atoms with Gasteiger partial charge in [-0.25, -0.2) is 0 Å². The number of nitrogens with zero attached hydrogens (tertiary/aromatic N) is 2. The van der Waals surface area contributed by atoms with Gasteiger partial charge in [-0.05, 0) is 94.0 Å². The Bertz CT molecular complexity index is 745. The van der Waals surface area contributed by atoms with Crippen molar-refractivity contribution in [2.45, 2.75) is 44.6 Å². The van der Waals surface area contributed by atoms with E-state index in [0.29, 0.717) is 0 Å². The van der Waals surface area contributed by atoms with Gasteiger partial charge in [0.1, 0.15) is 0 Å². The van der Waals surface area contributed by atoms with E-state index in [2.05, 4.69) is 32.6 Å². The Morgan fingerprint density at radius 3 is 2.45 bits per heavy atom.